The lowest BCUT2D eigenvalue weighted by Crippen LogP contribution is -2.22. The second kappa shape index (κ2) is 7.27. The van der Waals surface area contributed by atoms with Crippen LogP contribution in [0.1, 0.15) is 30.7 Å². The zero-order valence-corrected chi connectivity index (χ0v) is 15.3. The van der Waals surface area contributed by atoms with E-state index in [2.05, 4.69) is 30.5 Å². The lowest BCUT2D eigenvalue weighted by Gasteiger charge is -2.11. The highest BCUT2D eigenvalue weighted by Gasteiger charge is 2.14. The molecule has 0 aromatic carbocycles. The van der Waals surface area contributed by atoms with Crippen molar-refractivity contribution >= 4 is 39.3 Å². The summed E-state index contributed by atoms with van der Waals surface area (Å²) in [6.07, 6.45) is 5.03. The first-order valence-electron chi connectivity index (χ1n) is 7.66. The monoisotopic (exact) mass is 362 g/mol. The highest BCUT2D eigenvalue weighted by atomic mass is 32.2. The number of hydrogen-bond acceptors (Lipinski definition) is 8. The fraction of sp³-hybridized carbons (Fsp3) is 0.400. The fourth-order valence-corrected chi connectivity index (χ4v) is 4.06. The van der Waals surface area contributed by atoms with Gasteiger partial charge in [0.15, 0.2) is 9.99 Å². The summed E-state index contributed by atoms with van der Waals surface area (Å²) in [5.74, 6) is 0.703. The van der Waals surface area contributed by atoms with Gasteiger partial charge in [0.1, 0.15) is 16.8 Å². The van der Waals surface area contributed by atoms with Gasteiger partial charge in [-0.15, -0.1) is 11.3 Å². The van der Waals surface area contributed by atoms with E-state index in [0.717, 1.165) is 33.1 Å². The largest absolute Gasteiger partial charge is 0.364 e. The Balaban J connectivity index is 1.94. The van der Waals surface area contributed by atoms with Gasteiger partial charge in [0.05, 0.1) is 5.69 Å². The van der Waals surface area contributed by atoms with Gasteiger partial charge in [-0.25, -0.2) is 20.1 Å². The standard InChI is InChI=1S/C15H18N6OS2/c1-4-8-9(14(22)21-20-10(8)5-2)6-16-12-11-13(18-7-17-12)19-15(23-3)24-11/h7H,4-6H2,1-3H3,(H,21,22)(H,16,17,18). The van der Waals surface area contributed by atoms with E-state index in [1.807, 2.05) is 20.1 Å². The van der Waals surface area contributed by atoms with Crippen molar-refractivity contribution in [2.24, 2.45) is 0 Å². The number of thioether (sulfide) groups is 1. The first kappa shape index (κ1) is 16.8. The van der Waals surface area contributed by atoms with Gasteiger partial charge in [-0.2, -0.15) is 5.10 Å². The molecule has 0 fully saturated rings. The number of aromatic amines is 1. The van der Waals surface area contributed by atoms with E-state index in [-0.39, 0.29) is 5.56 Å². The molecule has 9 heteroatoms. The summed E-state index contributed by atoms with van der Waals surface area (Å²) < 4.78 is 1.85. The summed E-state index contributed by atoms with van der Waals surface area (Å²) in [4.78, 5) is 25.1. The van der Waals surface area contributed by atoms with Crippen LogP contribution in [0.15, 0.2) is 15.5 Å². The number of anilines is 1. The molecule has 0 atom stereocenters. The highest BCUT2D eigenvalue weighted by molar-refractivity contribution is 8.00. The second-order valence-corrected chi connectivity index (χ2v) is 7.13. The van der Waals surface area contributed by atoms with Crippen molar-refractivity contribution in [1.29, 1.82) is 0 Å². The highest BCUT2D eigenvalue weighted by Crippen LogP contribution is 2.31. The van der Waals surface area contributed by atoms with Crippen molar-refractivity contribution in [2.75, 3.05) is 11.6 Å². The molecule has 0 aliphatic carbocycles. The van der Waals surface area contributed by atoms with Gasteiger partial charge < -0.3 is 5.32 Å². The maximum Gasteiger partial charge on any atom is 0.269 e. The molecule has 0 aliphatic heterocycles. The van der Waals surface area contributed by atoms with Crippen LogP contribution < -0.4 is 10.9 Å². The molecule has 0 aliphatic rings. The molecule has 3 aromatic rings. The molecule has 7 nitrogen and oxygen atoms in total. The summed E-state index contributed by atoms with van der Waals surface area (Å²) in [5, 5.41) is 10.0. The Morgan fingerprint density at radius 3 is 2.79 bits per heavy atom. The number of nitrogens with one attached hydrogen (secondary N) is 2. The van der Waals surface area contributed by atoms with Gasteiger partial charge in [0.2, 0.25) is 0 Å². The Bertz CT molecular complexity index is 920. The Hall–Kier alpha value is -2.00. The number of H-pyrrole nitrogens is 1. The zero-order valence-electron chi connectivity index (χ0n) is 13.7. The summed E-state index contributed by atoms with van der Waals surface area (Å²) in [7, 11) is 0. The Morgan fingerprint density at radius 1 is 1.25 bits per heavy atom. The summed E-state index contributed by atoms with van der Waals surface area (Å²) >= 11 is 3.13. The maximum absolute atomic E-state index is 12.2. The molecule has 0 saturated carbocycles. The number of thiazole rings is 1. The minimum atomic E-state index is -0.157. The molecule has 0 bridgehead atoms. The normalized spacial score (nSPS) is 11.1. The number of aryl methyl sites for hydroxylation is 1. The summed E-state index contributed by atoms with van der Waals surface area (Å²) in [5.41, 5.74) is 3.18. The molecule has 0 amide bonds. The van der Waals surface area contributed by atoms with Crippen molar-refractivity contribution in [3.8, 4) is 0 Å². The minimum absolute atomic E-state index is 0.157. The lowest BCUT2D eigenvalue weighted by atomic mass is 10.0. The molecule has 126 valence electrons. The first-order valence-corrected chi connectivity index (χ1v) is 9.70. The van der Waals surface area contributed by atoms with Gasteiger partial charge in [-0.3, -0.25) is 4.79 Å². The zero-order chi connectivity index (χ0) is 17.1. The molecular weight excluding hydrogens is 344 g/mol. The first-order chi connectivity index (χ1) is 11.7. The number of nitrogens with zero attached hydrogens (tertiary/aromatic N) is 4. The van der Waals surface area contributed by atoms with Crippen LogP contribution >= 0.6 is 23.1 Å². The fourth-order valence-electron chi connectivity index (χ4n) is 2.58. The molecule has 0 spiro atoms. The average Bonchev–Trinajstić information content (AvgIpc) is 3.04. The molecule has 0 saturated heterocycles. The molecule has 3 heterocycles. The van der Waals surface area contributed by atoms with Crippen molar-refractivity contribution in [1.82, 2.24) is 25.1 Å². The van der Waals surface area contributed by atoms with E-state index >= 15 is 0 Å². The third-order valence-electron chi connectivity index (χ3n) is 3.75. The average molecular weight is 362 g/mol. The number of aromatic nitrogens is 5. The Kier molecular flexibility index (Phi) is 5.10. The molecular formula is C15H18N6OS2. The maximum atomic E-state index is 12.2. The van der Waals surface area contributed by atoms with Crippen molar-refractivity contribution in [3.63, 3.8) is 0 Å². The third-order valence-corrected chi connectivity index (χ3v) is 5.78. The van der Waals surface area contributed by atoms with Crippen LogP contribution in [-0.4, -0.2) is 31.4 Å². The Labute approximate surface area is 147 Å². The van der Waals surface area contributed by atoms with E-state index in [9.17, 15) is 4.79 Å². The van der Waals surface area contributed by atoms with Crippen LogP contribution in [0, 0.1) is 0 Å². The number of hydrogen-bond donors (Lipinski definition) is 2. The SMILES string of the molecule is CCc1n[nH]c(=O)c(CNc2ncnc3nc(SC)sc23)c1CC. The van der Waals surface area contributed by atoms with Crippen LogP contribution in [0.2, 0.25) is 0 Å². The van der Waals surface area contributed by atoms with E-state index in [1.54, 1.807) is 23.1 Å². The minimum Gasteiger partial charge on any atom is -0.364 e. The second-order valence-electron chi connectivity index (χ2n) is 5.08. The van der Waals surface area contributed by atoms with Gasteiger partial charge in [0, 0.05) is 12.1 Å². The predicted octanol–water partition coefficient (Wildman–Crippen LogP) is 2.63. The quantitative estimate of drug-likeness (QED) is 0.651. The number of fused-ring (bicyclic) bond motifs is 1. The van der Waals surface area contributed by atoms with E-state index in [4.69, 9.17) is 0 Å². The van der Waals surface area contributed by atoms with Gasteiger partial charge in [-0.05, 0) is 24.7 Å². The molecule has 2 N–H and O–H groups in total. The van der Waals surface area contributed by atoms with Crippen LogP contribution in [0.25, 0.3) is 10.3 Å². The smallest absolute Gasteiger partial charge is 0.269 e. The molecule has 0 radical (unpaired) electrons. The van der Waals surface area contributed by atoms with Crippen molar-refractivity contribution < 1.29 is 0 Å². The van der Waals surface area contributed by atoms with Crippen molar-refractivity contribution in [2.45, 2.75) is 37.6 Å². The molecule has 3 aromatic heterocycles. The van der Waals surface area contributed by atoms with Gasteiger partial charge in [-0.1, -0.05) is 25.6 Å². The predicted molar refractivity (Wildman–Crippen MR) is 97.9 cm³/mol. The molecule has 0 unspecified atom stereocenters. The third kappa shape index (κ3) is 3.13. The molecule has 24 heavy (non-hydrogen) atoms. The van der Waals surface area contributed by atoms with Gasteiger partial charge >= 0.3 is 0 Å². The number of rotatable bonds is 6. The van der Waals surface area contributed by atoms with E-state index in [0.29, 0.717) is 23.6 Å². The summed E-state index contributed by atoms with van der Waals surface area (Å²) in [6, 6.07) is 0. The van der Waals surface area contributed by atoms with Crippen LogP contribution in [0.3, 0.4) is 0 Å². The van der Waals surface area contributed by atoms with Gasteiger partial charge in [0.25, 0.3) is 5.56 Å². The molecule has 3 rings (SSSR count). The van der Waals surface area contributed by atoms with Crippen LogP contribution in [0.5, 0.6) is 0 Å². The van der Waals surface area contributed by atoms with E-state index < -0.39 is 0 Å². The Morgan fingerprint density at radius 2 is 2.08 bits per heavy atom. The van der Waals surface area contributed by atoms with Crippen LogP contribution in [0.4, 0.5) is 5.82 Å². The van der Waals surface area contributed by atoms with E-state index in [1.165, 1.54) is 6.33 Å². The summed E-state index contributed by atoms with van der Waals surface area (Å²) in [6.45, 7) is 4.47. The topological polar surface area (TPSA) is 96.5 Å². The van der Waals surface area contributed by atoms with Crippen LogP contribution in [-0.2, 0) is 19.4 Å². The van der Waals surface area contributed by atoms with Crippen molar-refractivity contribution in [3.05, 3.63) is 33.5 Å². The lowest BCUT2D eigenvalue weighted by molar-refractivity contribution is 0.826.